The molecule has 140 valence electrons. The van der Waals surface area contributed by atoms with Gasteiger partial charge in [0, 0.05) is 0 Å². The van der Waals surface area contributed by atoms with Gasteiger partial charge in [0.05, 0.1) is 21.2 Å². The molecule has 0 aliphatic heterocycles. The van der Waals surface area contributed by atoms with Gasteiger partial charge in [0.1, 0.15) is 0 Å². The molecule has 0 spiro atoms. The van der Waals surface area contributed by atoms with Crippen LogP contribution in [-0.2, 0) is 35.3 Å². The van der Waals surface area contributed by atoms with Gasteiger partial charge in [-0.1, -0.05) is 24.3 Å². The number of rotatable bonds is 4. The molecule has 0 unspecified atom stereocenters. The molecule has 2 aromatic carbocycles. The second-order valence-electron chi connectivity index (χ2n) is 5.35. The summed E-state index contributed by atoms with van der Waals surface area (Å²) in [5, 5.41) is 9.73. The number of hydrogen-bond acceptors (Lipinski definition) is 6. The molecular formula is C17H20N2O6S. The fourth-order valence-electron chi connectivity index (χ4n) is 2.45. The molecule has 1 aromatic heterocycles. The number of para-hydroxylation sites is 4. The van der Waals surface area contributed by atoms with Crippen molar-refractivity contribution in [2.45, 2.75) is 6.61 Å². The molecule has 1 heterocycles. The minimum Gasteiger partial charge on any atom is -0.726 e. The van der Waals surface area contributed by atoms with E-state index in [1.54, 1.807) is 18.2 Å². The van der Waals surface area contributed by atoms with Gasteiger partial charge in [0.15, 0.2) is 29.1 Å². The number of benzene rings is 2. The summed E-state index contributed by atoms with van der Waals surface area (Å²) in [6, 6.07) is 15.2. The molecule has 0 amide bonds. The fourth-order valence-corrected chi connectivity index (χ4v) is 2.45. The van der Waals surface area contributed by atoms with Gasteiger partial charge in [-0.25, -0.2) is 17.6 Å². The van der Waals surface area contributed by atoms with E-state index in [0.29, 0.717) is 12.4 Å². The molecule has 0 saturated heterocycles. The number of imidazole rings is 1. The van der Waals surface area contributed by atoms with Crippen LogP contribution in [0.1, 0.15) is 5.82 Å². The van der Waals surface area contributed by atoms with Crippen LogP contribution in [0.2, 0.25) is 0 Å². The Morgan fingerprint density at radius 1 is 1.15 bits per heavy atom. The molecule has 0 atom stereocenters. The lowest BCUT2D eigenvalue weighted by atomic mass is 10.3. The maximum atomic E-state index is 9.73. The molecule has 0 fully saturated rings. The van der Waals surface area contributed by atoms with Crippen LogP contribution in [0.3, 0.4) is 0 Å². The van der Waals surface area contributed by atoms with Crippen molar-refractivity contribution in [2.75, 3.05) is 7.11 Å². The van der Waals surface area contributed by atoms with E-state index in [4.69, 9.17) is 4.74 Å². The number of aromatic nitrogens is 2. The summed E-state index contributed by atoms with van der Waals surface area (Å²) in [5.74, 6) is 1.70. The molecule has 9 heteroatoms. The number of ether oxygens (including phenoxy) is 1. The van der Waals surface area contributed by atoms with Crippen molar-refractivity contribution in [1.29, 1.82) is 0 Å². The second kappa shape index (κ2) is 8.17. The van der Waals surface area contributed by atoms with Crippen molar-refractivity contribution in [3.8, 4) is 11.5 Å². The number of phenolic OH excluding ortho intramolecular Hbond substituents is 1. The van der Waals surface area contributed by atoms with E-state index in [-0.39, 0.29) is 5.75 Å². The molecule has 1 N–H and O–H groups in total. The highest BCUT2D eigenvalue weighted by Crippen LogP contribution is 2.25. The lowest BCUT2D eigenvalue weighted by Gasteiger charge is -2.06. The van der Waals surface area contributed by atoms with Crippen LogP contribution in [0.5, 0.6) is 11.5 Å². The van der Waals surface area contributed by atoms with Crippen LogP contribution in [0.25, 0.3) is 11.0 Å². The first-order chi connectivity index (χ1) is 12.2. The van der Waals surface area contributed by atoms with Gasteiger partial charge in [-0.2, -0.15) is 0 Å². The summed E-state index contributed by atoms with van der Waals surface area (Å²) in [5.41, 5.74) is 2.32. The average Bonchev–Trinajstić information content (AvgIpc) is 2.86. The van der Waals surface area contributed by atoms with E-state index in [1.165, 1.54) is 0 Å². The van der Waals surface area contributed by atoms with Gasteiger partial charge >= 0.3 is 0 Å². The average molecular weight is 380 g/mol. The summed E-state index contributed by atoms with van der Waals surface area (Å²) in [6.45, 7) is 0.402. The fraction of sp³-hybridized carbons (Fsp3) is 0.235. The van der Waals surface area contributed by atoms with Gasteiger partial charge in [0.2, 0.25) is 10.4 Å². The van der Waals surface area contributed by atoms with Crippen LogP contribution >= 0.6 is 0 Å². The third kappa shape index (κ3) is 4.72. The zero-order chi connectivity index (χ0) is 19.3. The third-order valence-electron chi connectivity index (χ3n) is 3.80. The Labute approximate surface area is 151 Å². The summed E-state index contributed by atoms with van der Waals surface area (Å²) in [6.07, 6.45) is 0. The number of aromatic hydroxyl groups is 1. The first kappa shape index (κ1) is 19.7. The van der Waals surface area contributed by atoms with Gasteiger partial charge in [-0.15, -0.1) is 0 Å². The van der Waals surface area contributed by atoms with Crippen LogP contribution in [-0.4, -0.2) is 29.8 Å². The Balaban J connectivity index is 0.000000352. The van der Waals surface area contributed by atoms with Gasteiger partial charge in [-0.05, 0) is 24.3 Å². The van der Waals surface area contributed by atoms with Crippen molar-refractivity contribution in [2.24, 2.45) is 14.1 Å². The third-order valence-corrected chi connectivity index (χ3v) is 4.21. The summed E-state index contributed by atoms with van der Waals surface area (Å²) in [7, 11) is 0.435. The first-order valence-corrected chi connectivity index (χ1v) is 8.92. The van der Waals surface area contributed by atoms with Crippen LogP contribution in [0, 0.1) is 0 Å². The molecule has 26 heavy (non-hydrogen) atoms. The van der Waals surface area contributed by atoms with Crippen LogP contribution in [0.15, 0.2) is 48.5 Å². The van der Waals surface area contributed by atoms with E-state index < -0.39 is 10.4 Å². The van der Waals surface area contributed by atoms with Gasteiger partial charge < -0.3 is 14.4 Å². The van der Waals surface area contributed by atoms with Crippen molar-refractivity contribution >= 4 is 21.4 Å². The number of aryl methyl sites for hydroxylation is 2. The minimum absolute atomic E-state index is 0.161. The molecule has 0 aliphatic rings. The van der Waals surface area contributed by atoms with E-state index in [9.17, 15) is 18.1 Å². The lowest BCUT2D eigenvalue weighted by molar-refractivity contribution is -0.655. The lowest BCUT2D eigenvalue weighted by Crippen LogP contribution is -2.33. The highest BCUT2D eigenvalue weighted by molar-refractivity contribution is 7.80. The van der Waals surface area contributed by atoms with Gasteiger partial charge in [0.25, 0.3) is 5.82 Å². The van der Waals surface area contributed by atoms with E-state index >= 15 is 0 Å². The molecule has 8 nitrogen and oxygen atoms in total. The molecule has 0 radical (unpaired) electrons. The van der Waals surface area contributed by atoms with Crippen LogP contribution < -0.4 is 9.30 Å². The maximum Gasteiger partial charge on any atom is 0.295 e. The standard InChI is InChI=1S/C16H16N2O2.CH4O4S/c1-17-12-7-3-4-8-13(12)18(2)16(17)11-20-15-10-6-5-9-14(15)19;1-5-6(2,3)4/h3-10H,11H2,1-2H3;1H3,(H,2,3,4). The normalized spacial score (nSPS) is 11.1. The highest BCUT2D eigenvalue weighted by Gasteiger charge is 2.20. The van der Waals surface area contributed by atoms with Crippen LogP contribution in [0.4, 0.5) is 0 Å². The number of hydrogen-bond donors (Lipinski definition) is 1. The number of phenols is 1. The Bertz CT molecular complexity index is 959. The largest absolute Gasteiger partial charge is 0.726 e. The molecule has 3 rings (SSSR count). The Morgan fingerprint density at radius 3 is 2.31 bits per heavy atom. The Morgan fingerprint density at radius 2 is 1.73 bits per heavy atom. The molecule has 0 saturated carbocycles. The Kier molecular flexibility index (Phi) is 6.19. The number of nitrogens with zero attached hydrogens (tertiary/aromatic N) is 2. The SMILES string of the molecule is COS(=O)(=O)[O-].Cn1c(COc2ccccc2O)[n+](C)c2ccccc21. The van der Waals surface area contributed by atoms with Crippen molar-refractivity contribution in [3.63, 3.8) is 0 Å². The predicted molar refractivity (Wildman–Crippen MR) is 93.2 cm³/mol. The zero-order valence-electron chi connectivity index (χ0n) is 14.6. The second-order valence-corrected chi connectivity index (χ2v) is 6.50. The van der Waals surface area contributed by atoms with E-state index in [1.807, 2.05) is 32.3 Å². The smallest absolute Gasteiger partial charge is 0.295 e. The minimum atomic E-state index is -4.41. The molecule has 0 aliphatic carbocycles. The summed E-state index contributed by atoms with van der Waals surface area (Å²) in [4.78, 5) is 0. The first-order valence-electron chi connectivity index (χ1n) is 7.59. The van der Waals surface area contributed by atoms with Crippen molar-refractivity contribution < 1.29 is 31.6 Å². The molecular weight excluding hydrogens is 360 g/mol. The van der Waals surface area contributed by atoms with Crippen molar-refractivity contribution in [1.82, 2.24) is 4.57 Å². The predicted octanol–water partition coefficient (Wildman–Crippen LogP) is 1.38. The van der Waals surface area contributed by atoms with E-state index in [0.717, 1.165) is 24.0 Å². The summed E-state index contributed by atoms with van der Waals surface area (Å²) >= 11 is 0. The zero-order valence-corrected chi connectivity index (χ0v) is 15.4. The van der Waals surface area contributed by atoms with Crippen molar-refractivity contribution in [3.05, 3.63) is 54.4 Å². The highest BCUT2D eigenvalue weighted by atomic mass is 32.3. The molecule has 3 aromatic rings. The monoisotopic (exact) mass is 380 g/mol. The molecule has 0 bridgehead atoms. The topological polar surface area (TPSA) is 105 Å². The quantitative estimate of drug-likeness (QED) is 0.417. The number of fused-ring (bicyclic) bond motifs is 1. The van der Waals surface area contributed by atoms with Gasteiger partial charge in [-0.3, -0.25) is 4.18 Å². The van der Waals surface area contributed by atoms with E-state index in [2.05, 4.69) is 25.5 Å². The maximum absolute atomic E-state index is 9.73. The Hall–Kier alpha value is -2.62. The summed E-state index contributed by atoms with van der Waals surface area (Å²) < 4.78 is 41.0.